The number of carbonyl (C=O) groups is 1. The molecule has 0 saturated carbocycles. The Labute approximate surface area is 221 Å². The maximum Gasteiger partial charge on any atom is 0.302 e. The molecule has 7 heteroatoms. The van der Waals surface area contributed by atoms with E-state index in [-0.39, 0.29) is 6.61 Å². The molecule has 0 spiro atoms. The van der Waals surface area contributed by atoms with Crippen LogP contribution < -0.4 is 0 Å². The second kappa shape index (κ2) is 13.5. The van der Waals surface area contributed by atoms with Crippen molar-refractivity contribution >= 4 is 17.6 Å². The van der Waals surface area contributed by atoms with E-state index in [1.807, 2.05) is 18.2 Å². The molecule has 3 aromatic rings. The highest BCUT2D eigenvalue weighted by Crippen LogP contribution is 2.32. The molecule has 36 heavy (non-hydrogen) atoms. The molecule has 1 heterocycles. The van der Waals surface area contributed by atoms with E-state index in [0.29, 0.717) is 16.7 Å². The van der Waals surface area contributed by atoms with Gasteiger partial charge in [0.15, 0.2) is 5.56 Å². The van der Waals surface area contributed by atoms with Crippen molar-refractivity contribution in [2.45, 2.75) is 56.7 Å². The second-order valence-electron chi connectivity index (χ2n) is 8.22. The molecule has 1 aliphatic rings. The van der Waals surface area contributed by atoms with Crippen LogP contribution in [-0.4, -0.2) is 42.6 Å². The molecule has 3 aromatic carbocycles. The van der Waals surface area contributed by atoms with Gasteiger partial charge in [-0.15, -0.1) is 0 Å². The van der Waals surface area contributed by atoms with Gasteiger partial charge in [-0.25, -0.2) is 0 Å². The van der Waals surface area contributed by atoms with E-state index in [1.54, 1.807) is 72.8 Å². The number of ether oxygens (including phenoxy) is 5. The van der Waals surface area contributed by atoms with Crippen molar-refractivity contribution in [1.82, 2.24) is 0 Å². The first-order valence-corrected chi connectivity index (χ1v) is 12.1. The van der Waals surface area contributed by atoms with Gasteiger partial charge < -0.3 is 23.7 Å². The summed E-state index contributed by atoms with van der Waals surface area (Å²) in [6.07, 6.45) is -4.08. The standard InChI is InChI=1S/C29H31ClO6/c1-21(31)32-20-25-26(33-17-22-11-5-2-6-12-22)27(34-18-23-13-7-3-8-14-23)28(29(30)36-25)35-19-24-15-9-4-10-16-24/h2-16,25-29H,17-20H2,1H3/t25-,26-,27+,28-,29?/m1/s1/i17D,18D,19D/t17?,18?,19?,25-,26-,27+,28-,29?. The predicted molar refractivity (Wildman–Crippen MR) is 136 cm³/mol. The summed E-state index contributed by atoms with van der Waals surface area (Å²) in [6.45, 7) is -2.39. The third-order valence-corrected chi connectivity index (χ3v) is 5.86. The lowest BCUT2D eigenvalue weighted by Crippen LogP contribution is -2.59. The van der Waals surface area contributed by atoms with Gasteiger partial charge in [0.05, 0.1) is 23.9 Å². The minimum Gasteiger partial charge on any atom is -0.463 e. The van der Waals surface area contributed by atoms with Crippen LogP contribution in [-0.2, 0) is 48.2 Å². The van der Waals surface area contributed by atoms with Gasteiger partial charge in [0, 0.05) is 6.92 Å². The van der Waals surface area contributed by atoms with Crippen molar-refractivity contribution < 1.29 is 32.6 Å². The number of hydrogen-bond donors (Lipinski definition) is 0. The minimum absolute atomic E-state index is 0.214. The Morgan fingerprint density at radius 3 is 1.61 bits per heavy atom. The molecule has 0 aliphatic carbocycles. The minimum atomic E-state index is -1.16. The number of rotatable bonds is 11. The highest BCUT2D eigenvalue weighted by atomic mass is 35.5. The van der Waals surface area contributed by atoms with Crippen LogP contribution in [0.3, 0.4) is 0 Å². The van der Waals surface area contributed by atoms with Crippen LogP contribution in [0.2, 0.25) is 0 Å². The molecule has 6 nitrogen and oxygen atoms in total. The normalized spacial score (nSPS) is 27.6. The highest BCUT2D eigenvalue weighted by Gasteiger charge is 2.48. The van der Waals surface area contributed by atoms with Gasteiger partial charge in [-0.2, -0.15) is 0 Å². The van der Waals surface area contributed by atoms with E-state index in [0.717, 1.165) is 0 Å². The molecule has 8 atom stereocenters. The van der Waals surface area contributed by atoms with Gasteiger partial charge >= 0.3 is 5.97 Å². The van der Waals surface area contributed by atoms with Crippen molar-refractivity contribution in [3.63, 3.8) is 0 Å². The Morgan fingerprint density at radius 2 is 1.17 bits per heavy atom. The molecule has 190 valence electrons. The lowest BCUT2D eigenvalue weighted by Gasteiger charge is -2.44. The first kappa shape index (κ1) is 22.5. The zero-order valence-electron chi connectivity index (χ0n) is 22.8. The van der Waals surface area contributed by atoms with Crippen LogP contribution in [0.15, 0.2) is 91.0 Å². The summed E-state index contributed by atoms with van der Waals surface area (Å²) in [7, 11) is 0. The molecule has 0 N–H and O–H groups in total. The number of hydrogen-bond acceptors (Lipinski definition) is 6. The quantitative estimate of drug-likeness (QED) is 0.257. The van der Waals surface area contributed by atoms with Gasteiger partial charge in [-0.3, -0.25) is 4.79 Å². The average Bonchev–Trinajstić information content (AvgIpc) is 2.96. The van der Waals surface area contributed by atoms with Crippen molar-refractivity contribution in [2.75, 3.05) is 6.61 Å². The third kappa shape index (κ3) is 7.63. The summed E-state index contributed by atoms with van der Waals surface area (Å²) in [6, 6.07) is 26.8. The van der Waals surface area contributed by atoms with Gasteiger partial charge in [0.2, 0.25) is 0 Å². The molecule has 1 saturated heterocycles. The topological polar surface area (TPSA) is 63.2 Å². The molecule has 0 bridgehead atoms. The molecule has 0 aromatic heterocycles. The molecule has 4 unspecified atom stereocenters. The summed E-state index contributed by atoms with van der Waals surface area (Å²) in [4.78, 5) is 11.6. The maximum atomic E-state index is 11.6. The van der Waals surface area contributed by atoms with E-state index >= 15 is 0 Å². The molecular formula is C29H31ClO6. The number of alkyl halides is 1. The zero-order chi connectivity index (χ0) is 27.8. The molecule has 0 radical (unpaired) electrons. The van der Waals surface area contributed by atoms with Crippen LogP contribution in [0.1, 0.15) is 27.7 Å². The molecular weight excluding hydrogens is 480 g/mol. The van der Waals surface area contributed by atoms with Crippen LogP contribution in [0.4, 0.5) is 0 Å². The van der Waals surface area contributed by atoms with E-state index < -0.39 is 55.7 Å². The fourth-order valence-corrected chi connectivity index (χ4v) is 4.06. The molecule has 1 fully saturated rings. The van der Waals surface area contributed by atoms with Gasteiger partial charge in [0.25, 0.3) is 0 Å². The monoisotopic (exact) mass is 513 g/mol. The Kier molecular flexibility index (Phi) is 8.44. The van der Waals surface area contributed by atoms with Crippen molar-refractivity contribution in [3.8, 4) is 0 Å². The third-order valence-electron chi connectivity index (χ3n) is 5.51. The van der Waals surface area contributed by atoms with Crippen LogP contribution in [0, 0.1) is 0 Å². The number of esters is 1. The van der Waals surface area contributed by atoms with Gasteiger partial charge in [-0.1, -0.05) is 103 Å². The zero-order valence-corrected chi connectivity index (χ0v) is 20.6. The number of carbonyl (C=O) groups excluding carboxylic acids is 1. The SMILES string of the molecule is [2H]C(O[C@H]1[C@H](OC([2H])c2ccccc2)[C@@H](OC([2H])c2ccccc2)C(Cl)O[C@@H]1COC(C)=O)c1ccccc1. The Morgan fingerprint density at radius 1 is 0.750 bits per heavy atom. The summed E-state index contributed by atoms with van der Waals surface area (Å²) in [5.41, 5.74) is 0.629. The van der Waals surface area contributed by atoms with E-state index in [9.17, 15) is 4.79 Å². The average molecular weight is 514 g/mol. The first-order chi connectivity index (χ1) is 18.8. The number of halogens is 1. The Bertz CT molecular complexity index is 1160. The van der Waals surface area contributed by atoms with E-state index in [4.69, 9.17) is 39.4 Å². The Hall–Kier alpha value is -2.74. The van der Waals surface area contributed by atoms with Gasteiger partial charge in [-0.05, 0) is 16.7 Å². The lowest BCUT2D eigenvalue weighted by molar-refractivity contribution is -0.255. The van der Waals surface area contributed by atoms with Crippen molar-refractivity contribution in [2.24, 2.45) is 0 Å². The summed E-state index contributed by atoms with van der Waals surface area (Å²) in [5, 5.41) is 0. The van der Waals surface area contributed by atoms with E-state index in [1.165, 1.54) is 6.92 Å². The summed E-state index contributed by atoms with van der Waals surface area (Å²) < 4.78 is 55.7. The van der Waals surface area contributed by atoms with E-state index in [2.05, 4.69) is 0 Å². The highest BCUT2D eigenvalue weighted by molar-refractivity contribution is 6.20. The summed E-state index contributed by atoms with van der Waals surface area (Å²) >= 11 is 6.65. The summed E-state index contributed by atoms with van der Waals surface area (Å²) in [5.74, 6) is -0.525. The number of benzene rings is 3. The molecule has 4 rings (SSSR count). The first-order valence-electron chi connectivity index (χ1n) is 13.4. The Balaban J connectivity index is 1.67. The molecule has 1 aliphatic heterocycles. The van der Waals surface area contributed by atoms with Crippen molar-refractivity contribution in [1.29, 1.82) is 0 Å². The maximum absolute atomic E-state index is 11.6. The lowest BCUT2D eigenvalue weighted by atomic mass is 9.99. The smallest absolute Gasteiger partial charge is 0.302 e. The van der Waals surface area contributed by atoms with Crippen molar-refractivity contribution in [3.05, 3.63) is 108 Å². The fraction of sp³-hybridized carbons (Fsp3) is 0.345. The second-order valence-corrected chi connectivity index (χ2v) is 8.65. The molecule has 0 amide bonds. The fourth-order valence-electron chi connectivity index (χ4n) is 3.73. The van der Waals surface area contributed by atoms with Gasteiger partial charge in [0.1, 0.15) is 31.0 Å². The van der Waals surface area contributed by atoms with Crippen LogP contribution in [0.5, 0.6) is 0 Å². The predicted octanol–water partition coefficient (Wildman–Crippen LogP) is 5.27. The van der Waals surface area contributed by atoms with Crippen LogP contribution in [0.25, 0.3) is 0 Å². The largest absolute Gasteiger partial charge is 0.463 e. The van der Waals surface area contributed by atoms with Crippen LogP contribution >= 0.6 is 11.6 Å².